The molecule has 5 aliphatic rings. The van der Waals surface area contributed by atoms with Gasteiger partial charge < -0.3 is 19.5 Å². The molecule has 1 saturated carbocycles. The van der Waals surface area contributed by atoms with Gasteiger partial charge in [0.15, 0.2) is 11.6 Å². The van der Waals surface area contributed by atoms with E-state index in [9.17, 15) is 9.18 Å². The van der Waals surface area contributed by atoms with Crippen LogP contribution in [-0.2, 0) is 14.9 Å². The Morgan fingerprint density at radius 1 is 1.02 bits per heavy atom. The maximum absolute atomic E-state index is 14.8. The summed E-state index contributed by atoms with van der Waals surface area (Å²) < 4.78 is 22.4. The summed E-state index contributed by atoms with van der Waals surface area (Å²) in [6.07, 6.45) is 9.54. The number of pyridine rings is 2. The Morgan fingerprint density at radius 2 is 1.84 bits per heavy atom. The maximum atomic E-state index is 14.8. The minimum Gasteiger partial charge on any atom is -0.378 e. The minimum atomic E-state index is -0.499. The van der Waals surface area contributed by atoms with E-state index in [-0.39, 0.29) is 18.0 Å². The van der Waals surface area contributed by atoms with Crippen LogP contribution in [0.2, 0.25) is 0 Å². The van der Waals surface area contributed by atoms with Crippen molar-refractivity contribution in [1.82, 2.24) is 29.3 Å². The molecule has 4 fully saturated rings. The van der Waals surface area contributed by atoms with E-state index in [2.05, 4.69) is 68.5 Å². The van der Waals surface area contributed by atoms with Gasteiger partial charge in [-0.25, -0.2) is 14.4 Å². The number of likely N-dealkylation sites (tertiary alicyclic amines) is 2. The van der Waals surface area contributed by atoms with E-state index in [1.165, 1.54) is 19.2 Å². The SMILES string of the molecule is CC(C)n1cnc2cc(-c3ccc4c(c3)N([C@H]3C[C@@H](N5CC[C@@H](C)C5)C3)C(=O)C43CCN(C4COC4)CC3)nc(Nc3ccncc3F)c21. The molecule has 7 heterocycles. The molecule has 1 spiro atoms. The fourth-order valence-corrected chi connectivity index (χ4v) is 8.96. The number of imidazole rings is 1. The van der Waals surface area contributed by atoms with Gasteiger partial charge in [-0.3, -0.25) is 19.6 Å². The lowest BCUT2D eigenvalue weighted by atomic mass is 9.73. The van der Waals surface area contributed by atoms with Gasteiger partial charge in [0, 0.05) is 42.1 Å². The summed E-state index contributed by atoms with van der Waals surface area (Å²) in [7, 11) is 0. The number of carbonyl (C=O) groups is 1. The number of piperidine rings is 1. The zero-order valence-corrected chi connectivity index (χ0v) is 28.6. The van der Waals surface area contributed by atoms with Crippen molar-refractivity contribution in [2.24, 2.45) is 5.92 Å². The molecule has 1 atom stereocenters. The summed E-state index contributed by atoms with van der Waals surface area (Å²) in [5.74, 6) is 1.10. The number of fused-ring (bicyclic) bond motifs is 3. The van der Waals surface area contributed by atoms with Crippen molar-refractivity contribution >= 4 is 34.1 Å². The summed E-state index contributed by atoms with van der Waals surface area (Å²) in [6.45, 7) is 12.3. The average molecular weight is 665 g/mol. The third kappa shape index (κ3) is 5.07. The summed E-state index contributed by atoms with van der Waals surface area (Å²) in [4.78, 5) is 35.9. The van der Waals surface area contributed by atoms with Gasteiger partial charge in [-0.15, -0.1) is 0 Å². The molecule has 1 aromatic carbocycles. The first-order valence-electron chi connectivity index (χ1n) is 18.1. The normalized spacial score (nSPS) is 25.7. The van der Waals surface area contributed by atoms with E-state index in [1.54, 1.807) is 12.3 Å². The molecule has 0 radical (unpaired) electrons. The van der Waals surface area contributed by atoms with Gasteiger partial charge in [0.1, 0.15) is 5.52 Å². The molecule has 9 rings (SSSR count). The van der Waals surface area contributed by atoms with Crippen LogP contribution < -0.4 is 10.2 Å². The Labute approximate surface area is 286 Å². The van der Waals surface area contributed by atoms with E-state index in [0.29, 0.717) is 23.6 Å². The Bertz CT molecular complexity index is 1910. The molecule has 4 aromatic rings. The highest BCUT2D eigenvalue weighted by Gasteiger charge is 2.56. The Hall–Kier alpha value is -3.93. The first-order chi connectivity index (χ1) is 23.8. The third-order valence-electron chi connectivity index (χ3n) is 12.0. The second-order valence-corrected chi connectivity index (χ2v) is 15.3. The van der Waals surface area contributed by atoms with Crippen molar-refractivity contribution in [2.75, 3.05) is 49.6 Å². The number of rotatable bonds is 7. The van der Waals surface area contributed by atoms with Crippen LogP contribution in [0.25, 0.3) is 22.3 Å². The second-order valence-electron chi connectivity index (χ2n) is 15.3. The number of aromatic nitrogens is 4. The molecule has 1 aliphatic carbocycles. The summed E-state index contributed by atoms with van der Waals surface area (Å²) in [6, 6.07) is 11.5. The number of nitrogens with one attached hydrogen (secondary N) is 1. The van der Waals surface area contributed by atoms with Crippen molar-refractivity contribution in [2.45, 2.75) is 82.5 Å². The van der Waals surface area contributed by atoms with Crippen LogP contribution in [0.1, 0.15) is 64.5 Å². The van der Waals surface area contributed by atoms with Crippen LogP contribution in [0, 0.1) is 11.7 Å². The van der Waals surface area contributed by atoms with Gasteiger partial charge in [0.25, 0.3) is 0 Å². The van der Waals surface area contributed by atoms with E-state index in [0.717, 1.165) is 98.0 Å². The molecule has 256 valence electrons. The number of amides is 1. The molecular formula is C38H45FN8O2. The molecule has 49 heavy (non-hydrogen) atoms. The summed E-state index contributed by atoms with van der Waals surface area (Å²) >= 11 is 0. The minimum absolute atomic E-state index is 0.134. The van der Waals surface area contributed by atoms with E-state index in [1.807, 2.05) is 12.4 Å². The highest BCUT2D eigenvalue weighted by molar-refractivity contribution is 6.09. The van der Waals surface area contributed by atoms with Gasteiger partial charge in [-0.2, -0.15) is 0 Å². The van der Waals surface area contributed by atoms with E-state index >= 15 is 0 Å². The van der Waals surface area contributed by atoms with Crippen LogP contribution in [0.3, 0.4) is 0 Å². The highest BCUT2D eigenvalue weighted by atomic mass is 19.1. The van der Waals surface area contributed by atoms with Gasteiger partial charge in [0.05, 0.1) is 54.1 Å². The molecule has 3 aromatic heterocycles. The fourth-order valence-electron chi connectivity index (χ4n) is 8.96. The smallest absolute Gasteiger partial charge is 0.238 e. The molecule has 3 saturated heterocycles. The number of anilines is 3. The molecule has 1 N–H and O–H groups in total. The topological polar surface area (TPSA) is 91.7 Å². The fraction of sp³-hybridized carbons (Fsp3) is 0.526. The van der Waals surface area contributed by atoms with Crippen LogP contribution in [0.5, 0.6) is 0 Å². The van der Waals surface area contributed by atoms with E-state index in [4.69, 9.17) is 14.7 Å². The largest absolute Gasteiger partial charge is 0.378 e. The number of hydrogen-bond acceptors (Lipinski definition) is 8. The predicted octanol–water partition coefficient (Wildman–Crippen LogP) is 5.91. The maximum Gasteiger partial charge on any atom is 0.238 e. The Balaban J connectivity index is 1.10. The monoisotopic (exact) mass is 664 g/mol. The first kappa shape index (κ1) is 31.1. The molecule has 1 amide bonds. The van der Waals surface area contributed by atoms with E-state index < -0.39 is 11.2 Å². The van der Waals surface area contributed by atoms with Crippen LogP contribution in [0.4, 0.5) is 21.6 Å². The lowest BCUT2D eigenvalue weighted by molar-refractivity contribution is -0.128. The Morgan fingerprint density at radius 3 is 2.53 bits per heavy atom. The number of ether oxygens (including phenoxy) is 1. The van der Waals surface area contributed by atoms with Crippen LogP contribution >= 0.6 is 0 Å². The number of carbonyl (C=O) groups excluding carboxylic acids is 1. The average Bonchev–Trinajstić information content (AvgIpc) is 3.74. The number of halogens is 1. The second kappa shape index (κ2) is 11.8. The standard InChI is InChI=1S/C38H45FN8O2/c1-23(2)46-22-41-33-17-32(43-36(35(33)46)42-31-6-10-40-18-30(31)39)25-4-5-29-34(14-25)47(27-15-26(16-27)45-11-7-24(3)19-45)37(48)38(29)8-12-44(13-9-38)28-20-49-21-28/h4-6,10,14,17-18,22-24,26-28H,7-9,11-13,15-16,19-21H2,1-3H3,(H,40,42,43)/t24-,26-,27+/m1/s1. The lowest BCUT2D eigenvalue weighted by Gasteiger charge is -2.47. The molecule has 0 unspecified atom stereocenters. The first-order valence-corrected chi connectivity index (χ1v) is 18.1. The van der Waals surface area contributed by atoms with Crippen molar-refractivity contribution in [3.63, 3.8) is 0 Å². The predicted molar refractivity (Wildman–Crippen MR) is 188 cm³/mol. The number of benzene rings is 1. The van der Waals surface area contributed by atoms with Crippen molar-refractivity contribution in [3.8, 4) is 11.3 Å². The zero-order valence-electron chi connectivity index (χ0n) is 28.6. The van der Waals surface area contributed by atoms with Crippen LogP contribution in [-0.4, -0.2) is 92.7 Å². The molecule has 0 bridgehead atoms. The van der Waals surface area contributed by atoms with Crippen molar-refractivity contribution in [3.05, 3.63) is 60.4 Å². The molecular weight excluding hydrogens is 619 g/mol. The third-order valence-corrected chi connectivity index (χ3v) is 12.0. The molecule has 4 aliphatic heterocycles. The highest BCUT2D eigenvalue weighted by Crippen LogP contribution is 2.52. The van der Waals surface area contributed by atoms with Gasteiger partial charge in [0.2, 0.25) is 5.91 Å². The number of hydrogen-bond donors (Lipinski definition) is 1. The van der Waals surface area contributed by atoms with Crippen molar-refractivity contribution in [1.29, 1.82) is 0 Å². The van der Waals surface area contributed by atoms with Crippen LogP contribution in [0.15, 0.2) is 49.1 Å². The Kier molecular flexibility index (Phi) is 7.51. The summed E-state index contributed by atoms with van der Waals surface area (Å²) in [5.41, 5.74) is 5.23. The lowest BCUT2D eigenvalue weighted by Crippen LogP contribution is -2.59. The van der Waals surface area contributed by atoms with Gasteiger partial charge in [-0.1, -0.05) is 19.1 Å². The molecule has 10 nitrogen and oxygen atoms in total. The number of nitrogens with zero attached hydrogens (tertiary/aromatic N) is 7. The van der Waals surface area contributed by atoms with Gasteiger partial charge in [-0.05, 0) is 95.3 Å². The van der Waals surface area contributed by atoms with Gasteiger partial charge >= 0.3 is 0 Å². The molecule has 11 heteroatoms. The zero-order chi connectivity index (χ0) is 33.4. The van der Waals surface area contributed by atoms with Crippen molar-refractivity contribution < 1.29 is 13.9 Å². The summed E-state index contributed by atoms with van der Waals surface area (Å²) in [5, 5.41) is 3.25. The quantitative estimate of drug-likeness (QED) is 0.261.